The Bertz CT molecular complexity index is 1080. The fourth-order valence-corrected chi connectivity index (χ4v) is 3.28. The molecule has 0 heterocycles. The second-order valence-electron chi connectivity index (χ2n) is 8.07. The number of benzene rings is 2. The zero-order valence-corrected chi connectivity index (χ0v) is 19.3. The number of phenolic OH excluding ortho intramolecular Hbond substituents is 1. The van der Waals surface area contributed by atoms with Gasteiger partial charge in [0.25, 0.3) is 0 Å². The molecule has 0 aromatic heterocycles. The summed E-state index contributed by atoms with van der Waals surface area (Å²) in [6.45, 7) is -0.643. The van der Waals surface area contributed by atoms with Crippen molar-refractivity contribution in [2.24, 2.45) is 11.5 Å². The molecule has 0 spiro atoms. The topological polar surface area (TPSA) is 214 Å². The molecular weight excluding hydrogens is 470 g/mol. The second kappa shape index (κ2) is 13.4. The van der Waals surface area contributed by atoms with Crippen molar-refractivity contribution in [3.63, 3.8) is 0 Å². The average Bonchev–Trinajstić information content (AvgIpc) is 2.83. The molecule has 4 amide bonds. The Morgan fingerprint density at radius 2 is 1.31 bits per heavy atom. The van der Waals surface area contributed by atoms with E-state index in [0.29, 0.717) is 11.1 Å². The Kier molecular flexibility index (Phi) is 10.4. The normalized spacial score (nSPS) is 13.0. The van der Waals surface area contributed by atoms with Crippen LogP contribution in [0, 0.1) is 0 Å². The van der Waals surface area contributed by atoms with E-state index in [-0.39, 0.29) is 18.6 Å². The van der Waals surface area contributed by atoms with Gasteiger partial charge in [0.05, 0.1) is 12.5 Å². The van der Waals surface area contributed by atoms with Crippen LogP contribution in [0.2, 0.25) is 0 Å². The molecule has 0 radical (unpaired) electrons. The Labute approximate surface area is 207 Å². The summed E-state index contributed by atoms with van der Waals surface area (Å²) in [5.74, 6) is -4.32. The molecular formula is C24H29N5O7. The summed E-state index contributed by atoms with van der Waals surface area (Å²) in [5, 5.41) is 25.7. The van der Waals surface area contributed by atoms with Crippen LogP contribution in [0.4, 0.5) is 0 Å². The zero-order chi connectivity index (χ0) is 26.7. The highest BCUT2D eigenvalue weighted by Crippen LogP contribution is 2.12. The van der Waals surface area contributed by atoms with E-state index in [2.05, 4.69) is 16.0 Å². The molecule has 36 heavy (non-hydrogen) atoms. The first-order valence-corrected chi connectivity index (χ1v) is 11.0. The van der Waals surface area contributed by atoms with Gasteiger partial charge in [-0.1, -0.05) is 42.5 Å². The first-order valence-electron chi connectivity index (χ1n) is 11.0. The highest BCUT2D eigenvalue weighted by molar-refractivity contribution is 5.95. The lowest BCUT2D eigenvalue weighted by atomic mass is 10.0. The third-order valence-corrected chi connectivity index (χ3v) is 5.10. The van der Waals surface area contributed by atoms with Crippen molar-refractivity contribution in [2.75, 3.05) is 6.54 Å². The van der Waals surface area contributed by atoms with Gasteiger partial charge in [-0.2, -0.15) is 0 Å². The highest BCUT2D eigenvalue weighted by atomic mass is 16.4. The monoisotopic (exact) mass is 499 g/mol. The van der Waals surface area contributed by atoms with Crippen molar-refractivity contribution in [1.29, 1.82) is 0 Å². The Balaban J connectivity index is 2.25. The highest BCUT2D eigenvalue weighted by Gasteiger charge is 2.29. The van der Waals surface area contributed by atoms with Crippen molar-refractivity contribution in [1.82, 2.24) is 16.0 Å². The number of carbonyl (C=O) groups is 5. The molecule has 0 aliphatic carbocycles. The third-order valence-electron chi connectivity index (χ3n) is 5.10. The van der Waals surface area contributed by atoms with Gasteiger partial charge in [0.2, 0.25) is 23.6 Å². The van der Waals surface area contributed by atoms with Crippen molar-refractivity contribution in [3.8, 4) is 5.75 Å². The van der Waals surface area contributed by atoms with Gasteiger partial charge in [-0.25, -0.2) is 0 Å². The minimum atomic E-state index is -1.29. The maximum atomic E-state index is 13.2. The maximum absolute atomic E-state index is 13.2. The van der Waals surface area contributed by atoms with Gasteiger partial charge in [-0.05, 0) is 23.3 Å². The Morgan fingerprint density at radius 1 is 0.778 bits per heavy atom. The number of aliphatic carboxylic acids is 1. The van der Waals surface area contributed by atoms with Crippen LogP contribution < -0.4 is 27.4 Å². The summed E-state index contributed by atoms with van der Waals surface area (Å²) in [4.78, 5) is 60.5. The van der Waals surface area contributed by atoms with Crippen molar-refractivity contribution in [3.05, 3.63) is 65.7 Å². The summed E-state index contributed by atoms with van der Waals surface area (Å²) in [7, 11) is 0. The number of rotatable bonds is 13. The number of nitrogens with one attached hydrogen (secondary N) is 3. The lowest BCUT2D eigenvalue weighted by Crippen LogP contribution is -2.57. The molecule has 2 aromatic carbocycles. The number of carboxylic acid groups (broad SMARTS) is 1. The van der Waals surface area contributed by atoms with Crippen LogP contribution >= 0.6 is 0 Å². The quantitative estimate of drug-likeness (QED) is 0.173. The lowest BCUT2D eigenvalue weighted by Gasteiger charge is -2.24. The molecule has 0 bridgehead atoms. The molecule has 0 saturated heterocycles. The second-order valence-corrected chi connectivity index (χ2v) is 8.07. The van der Waals surface area contributed by atoms with E-state index in [1.165, 1.54) is 12.1 Å². The summed E-state index contributed by atoms with van der Waals surface area (Å²) in [6.07, 6.45) is -0.414. The first kappa shape index (κ1) is 27.8. The fourth-order valence-electron chi connectivity index (χ4n) is 3.28. The van der Waals surface area contributed by atoms with Crippen LogP contribution in [0.1, 0.15) is 17.5 Å². The van der Waals surface area contributed by atoms with Crippen molar-refractivity contribution in [2.45, 2.75) is 37.4 Å². The van der Waals surface area contributed by atoms with Crippen molar-refractivity contribution < 1.29 is 34.2 Å². The molecule has 0 saturated carbocycles. The first-order chi connectivity index (χ1) is 17.0. The molecule has 3 atom stereocenters. The van der Waals surface area contributed by atoms with E-state index < -0.39 is 60.7 Å². The van der Waals surface area contributed by atoms with Crippen molar-refractivity contribution >= 4 is 29.6 Å². The lowest BCUT2D eigenvalue weighted by molar-refractivity contribution is -0.138. The number of carboxylic acids is 1. The van der Waals surface area contributed by atoms with Crippen LogP contribution in [0.5, 0.6) is 5.75 Å². The predicted octanol–water partition coefficient (Wildman–Crippen LogP) is -1.45. The Morgan fingerprint density at radius 3 is 1.86 bits per heavy atom. The summed E-state index contributed by atoms with van der Waals surface area (Å²) in [6, 6.07) is 11.0. The Hall–Kier alpha value is -4.45. The smallest absolute Gasteiger partial charge is 0.322 e. The molecule has 0 fully saturated rings. The van der Waals surface area contributed by atoms with Gasteiger partial charge >= 0.3 is 5.97 Å². The van der Waals surface area contributed by atoms with Crippen LogP contribution in [-0.2, 0) is 36.8 Å². The SMILES string of the molecule is NC(=O)CC(N)C(=O)NC(Cc1ccc(O)cc1)C(=O)NC(Cc1ccccc1)C(=O)NCC(=O)O. The van der Waals surface area contributed by atoms with E-state index in [1.54, 1.807) is 42.5 Å². The van der Waals surface area contributed by atoms with Gasteiger partial charge in [0, 0.05) is 12.8 Å². The maximum Gasteiger partial charge on any atom is 0.322 e. The molecule has 12 nitrogen and oxygen atoms in total. The van der Waals surface area contributed by atoms with Crippen LogP contribution in [0.3, 0.4) is 0 Å². The minimum absolute atomic E-state index is 0.00490. The number of primary amides is 1. The largest absolute Gasteiger partial charge is 0.508 e. The molecule has 2 rings (SSSR count). The number of hydrogen-bond acceptors (Lipinski definition) is 7. The minimum Gasteiger partial charge on any atom is -0.508 e. The van der Waals surface area contributed by atoms with Gasteiger partial charge < -0.3 is 37.6 Å². The summed E-state index contributed by atoms with van der Waals surface area (Å²) < 4.78 is 0. The number of amides is 4. The molecule has 192 valence electrons. The van der Waals surface area contributed by atoms with Gasteiger partial charge in [-0.3, -0.25) is 24.0 Å². The van der Waals surface area contributed by atoms with Crippen LogP contribution in [-0.4, -0.2) is 64.5 Å². The van der Waals surface area contributed by atoms with E-state index in [0.717, 1.165) is 0 Å². The van der Waals surface area contributed by atoms with Gasteiger partial charge in [0.15, 0.2) is 0 Å². The molecule has 2 aromatic rings. The van der Waals surface area contributed by atoms with E-state index in [4.69, 9.17) is 16.6 Å². The standard InChI is InChI=1S/C24H29N5O7/c25-17(12-20(26)31)22(34)28-19(11-15-6-8-16(30)9-7-15)24(36)29-18(23(35)27-13-21(32)33)10-14-4-2-1-3-5-14/h1-9,17-19,30H,10-13,25H2,(H2,26,31)(H,27,35)(H,28,34)(H,29,36)(H,32,33). The number of aromatic hydroxyl groups is 1. The number of carbonyl (C=O) groups excluding carboxylic acids is 4. The van der Waals surface area contributed by atoms with E-state index in [1.807, 2.05) is 0 Å². The van der Waals surface area contributed by atoms with E-state index >= 15 is 0 Å². The molecule has 12 heteroatoms. The number of hydrogen-bond donors (Lipinski definition) is 7. The average molecular weight is 500 g/mol. The zero-order valence-electron chi connectivity index (χ0n) is 19.3. The molecule has 0 aliphatic heterocycles. The van der Waals surface area contributed by atoms with E-state index in [9.17, 15) is 29.1 Å². The van der Waals surface area contributed by atoms with Crippen LogP contribution in [0.15, 0.2) is 54.6 Å². The van der Waals surface area contributed by atoms with Gasteiger partial charge in [-0.15, -0.1) is 0 Å². The van der Waals surface area contributed by atoms with Crippen LogP contribution in [0.25, 0.3) is 0 Å². The molecule has 0 aliphatic rings. The third kappa shape index (κ3) is 9.43. The predicted molar refractivity (Wildman–Crippen MR) is 128 cm³/mol. The molecule has 3 unspecified atom stereocenters. The number of phenols is 1. The summed E-state index contributed by atoms with van der Waals surface area (Å²) >= 11 is 0. The molecule has 9 N–H and O–H groups in total. The fraction of sp³-hybridized carbons (Fsp3) is 0.292. The van der Waals surface area contributed by atoms with Gasteiger partial charge in [0.1, 0.15) is 24.4 Å². The summed E-state index contributed by atoms with van der Waals surface area (Å²) in [5.41, 5.74) is 12.1. The number of nitrogens with two attached hydrogens (primary N) is 2.